The number of piperidine rings is 1. The van der Waals surface area contributed by atoms with Gasteiger partial charge >= 0.3 is 0 Å². The molecule has 1 aromatic heterocycles. The van der Waals surface area contributed by atoms with E-state index in [2.05, 4.69) is 22.0 Å². The Morgan fingerprint density at radius 3 is 2.29 bits per heavy atom. The molecule has 4 aliphatic rings. The zero-order valence-corrected chi connectivity index (χ0v) is 18.2. The minimum absolute atomic E-state index is 0.0885. The number of aromatic nitrogens is 1. The van der Waals surface area contributed by atoms with Crippen molar-refractivity contribution in [2.45, 2.75) is 69.9 Å². The first-order valence-electron chi connectivity index (χ1n) is 11.8. The monoisotopic (exact) mass is 424 g/mol. The molecule has 3 amide bonds. The summed E-state index contributed by atoms with van der Waals surface area (Å²) in [6, 6.07) is 5.29. The van der Waals surface area contributed by atoms with Crippen molar-refractivity contribution >= 4 is 17.7 Å². The maximum atomic E-state index is 12.7. The summed E-state index contributed by atoms with van der Waals surface area (Å²) in [5.41, 5.74) is 1.79. The topological polar surface area (TPSA) is 73.8 Å². The molecule has 3 aliphatic heterocycles. The van der Waals surface area contributed by atoms with Gasteiger partial charge in [0.05, 0.1) is 0 Å². The predicted molar refractivity (Wildman–Crippen MR) is 115 cm³/mol. The maximum absolute atomic E-state index is 12.7. The lowest BCUT2D eigenvalue weighted by Crippen LogP contribution is -2.64. The van der Waals surface area contributed by atoms with Gasteiger partial charge in [0.1, 0.15) is 6.54 Å². The van der Waals surface area contributed by atoms with E-state index in [9.17, 15) is 14.4 Å². The summed E-state index contributed by atoms with van der Waals surface area (Å²) in [6.45, 7) is 2.47. The molecule has 0 N–H and O–H groups in total. The SMILES string of the molecule is O=C(CN1C(=O)CCC1=O)N1CCC(N2CC3(CCCCC3)C2c2ccncc2)CC1. The molecule has 4 fully saturated rings. The standard InChI is InChI=1S/C24H32N4O3/c29-20-4-5-21(30)27(20)16-22(31)26-14-8-19(9-15-26)28-17-24(10-2-1-3-11-24)23(28)18-6-12-25-13-7-18/h6-7,12-13,19,23H,1-5,8-11,14-17H2. The molecule has 166 valence electrons. The first kappa shape index (κ1) is 20.6. The summed E-state index contributed by atoms with van der Waals surface area (Å²) in [6.07, 6.45) is 12.8. The molecular formula is C24H32N4O3. The molecule has 7 heteroatoms. The van der Waals surface area contributed by atoms with Crippen LogP contribution >= 0.6 is 0 Å². The fourth-order valence-corrected chi connectivity index (χ4v) is 6.38. The number of imide groups is 1. The van der Waals surface area contributed by atoms with Gasteiger partial charge in [0.25, 0.3) is 0 Å². The number of carbonyl (C=O) groups is 3. The van der Waals surface area contributed by atoms with Crippen LogP contribution in [0.25, 0.3) is 0 Å². The molecule has 1 atom stereocenters. The number of rotatable bonds is 4. The van der Waals surface area contributed by atoms with E-state index in [0.717, 1.165) is 24.3 Å². The molecule has 1 spiro atoms. The molecule has 0 radical (unpaired) electrons. The lowest BCUT2D eigenvalue weighted by atomic mass is 9.60. The zero-order valence-electron chi connectivity index (χ0n) is 18.2. The largest absolute Gasteiger partial charge is 0.341 e. The molecule has 31 heavy (non-hydrogen) atoms. The molecule has 7 nitrogen and oxygen atoms in total. The van der Waals surface area contributed by atoms with Crippen LogP contribution in [0, 0.1) is 5.41 Å². The highest BCUT2D eigenvalue weighted by Gasteiger charge is 2.55. The van der Waals surface area contributed by atoms with E-state index >= 15 is 0 Å². The van der Waals surface area contributed by atoms with Crippen molar-refractivity contribution < 1.29 is 14.4 Å². The predicted octanol–water partition coefficient (Wildman–Crippen LogP) is 2.53. The van der Waals surface area contributed by atoms with Crippen molar-refractivity contribution in [1.82, 2.24) is 19.7 Å². The van der Waals surface area contributed by atoms with Crippen molar-refractivity contribution in [3.63, 3.8) is 0 Å². The lowest BCUT2D eigenvalue weighted by molar-refractivity contribution is -0.149. The summed E-state index contributed by atoms with van der Waals surface area (Å²) >= 11 is 0. The van der Waals surface area contributed by atoms with E-state index in [4.69, 9.17) is 0 Å². The number of hydrogen-bond donors (Lipinski definition) is 0. The van der Waals surface area contributed by atoms with Crippen LogP contribution < -0.4 is 0 Å². The minimum Gasteiger partial charge on any atom is -0.341 e. The third-order valence-electron chi connectivity index (χ3n) is 8.01. The average molecular weight is 425 g/mol. The summed E-state index contributed by atoms with van der Waals surface area (Å²) in [5.74, 6) is -0.529. The first-order chi connectivity index (χ1) is 15.1. The first-order valence-corrected chi connectivity index (χ1v) is 11.8. The molecule has 5 rings (SSSR count). The lowest BCUT2D eigenvalue weighted by Gasteiger charge is -2.63. The van der Waals surface area contributed by atoms with E-state index in [1.54, 1.807) is 0 Å². The van der Waals surface area contributed by atoms with Gasteiger partial charge in [-0.2, -0.15) is 0 Å². The van der Waals surface area contributed by atoms with Gasteiger partial charge in [0, 0.05) is 62.4 Å². The Kier molecular flexibility index (Phi) is 5.54. The van der Waals surface area contributed by atoms with Crippen LogP contribution in [-0.4, -0.2) is 69.6 Å². The van der Waals surface area contributed by atoms with Gasteiger partial charge in [0.15, 0.2) is 0 Å². The Labute approximate surface area is 183 Å². The molecule has 3 saturated heterocycles. The van der Waals surface area contributed by atoms with Gasteiger partial charge in [-0.25, -0.2) is 0 Å². The minimum atomic E-state index is -0.216. The number of amides is 3. The second kappa shape index (κ2) is 8.34. The molecule has 0 bridgehead atoms. The maximum Gasteiger partial charge on any atom is 0.242 e. The van der Waals surface area contributed by atoms with Gasteiger partial charge in [-0.15, -0.1) is 0 Å². The normalized spacial score (nSPS) is 27.0. The zero-order chi connectivity index (χ0) is 21.4. The number of carbonyl (C=O) groups excluding carboxylic acids is 3. The summed E-state index contributed by atoms with van der Waals surface area (Å²) < 4.78 is 0. The van der Waals surface area contributed by atoms with Gasteiger partial charge in [0.2, 0.25) is 17.7 Å². The van der Waals surface area contributed by atoms with E-state index < -0.39 is 0 Å². The van der Waals surface area contributed by atoms with Gasteiger partial charge < -0.3 is 4.90 Å². The van der Waals surface area contributed by atoms with Crippen LogP contribution in [0.3, 0.4) is 0 Å². The van der Waals surface area contributed by atoms with Gasteiger partial charge in [-0.3, -0.25) is 29.2 Å². The van der Waals surface area contributed by atoms with E-state index in [1.807, 2.05) is 17.3 Å². The third-order valence-corrected chi connectivity index (χ3v) is 8.01. The van der Waals surface area contributed by atoms with Crippen molar-refractivity contribution in [1.29, 1.82) is 0 Å². The highest BCUT2D eigenvalue weighted by Crippen LogP contribution is 2.58. The Morgan fingerprint density at radius 2 is 1.65 bits per heavy atom. The van der Waals surface area contributed by atoms with E-state index in [-0.39, 0.29) is 37.1 Å². The van der Waals surface area contributed by atoms with Crippen molar-refractivity contribution in [3.8, 4) is 0 Å². The number of nitrogens with zero attached hydrogens (tertiary/aromatic N) is 4. The molecule has 1 aliphatic carbocycles. The van der Waals surface area contributed by atoms with Crippen LogP contribution in [0.5, 0.6) is 0 Å². The second-order valence-corrected chi connectivity index (χ2v) is 9.76. The van der Waals surface area contributed by atoms with Gasteiger partial charge in [-0.05, 0) is 43.4 Å². The highest BCUT2D eigenvalue weighted by atomic mass is 16.2. The number of likely N-dealkylation sites (tertiary alicyclic amines) is 3. The Hall–Kier alpha value is -2.28. The van der Waals surface area contributed by atoms with E-state index in [0.29, 0.717) is 30.6 Å². The Balaban J connectivity index is 1.22. The quantitative estimate of drug-likeness (QED) is 0.695. The molecule has 1 unspecified atom stereocenters. The van der Waals surface area contributed by atoms with Crippen molar-refractivity contribution in [2.75, 3.05) is 26.2 Å². The smallest absolute Gasteiger partial charge is 0.242 e. The van der Waals surface area contributed by atoms with Crippen LogP contribution in [0.2, 0.25) is 0 Å². The molecule has 1 aromatic rings. The summed E-state index contributed by atoms with van der Waals surface area (Å²) in [5, 5.41) is 0. The Bertz CT molecular complexity index is 828. The van der Waals surface area contributed by atoms with Crippen LogP contribution in [0.15, 0.2) is 24.5 Å². The average Bonchev–Trinajstić information content (AvgIpc) is 3.11. The fourth-order valence-electron chi connectivity index (χ4n) is 6.38. The number of hydrogen-bond acceptors (Lipinski definition) is 5. The highest BCUT2D eigenvalue weighted by molar-refractivity contribution is 6.04. The third kappa shape index (κ3) is 3.77. The van der Waals surface area contributed by atoms with Crippen LogP contribution in [-0.2, 0) is 14.4 Å². The fraction of sp³-hybridized carbons (Fsp3) is 0.667. The Morgan fingerprint density at radius 1 is 1.00 bits per heavy atom. The summed E-state index contributed by atoms with van der Waals surface area (Å²) in [4.78, 5) is 46.2. The van der Waals surface area contributed by atoms with E-state index in [1.165, 1.54) is 37.7 Å². The van der Waals surface area contributed by atoms with Crippen LogP contribution in [0.1, 0.15) is 69.4 Å². The molecular weight excluding hydrogens is 392 g/mol. The molecule has 1 saturated carbocycles. The summed E-state index contributed by atoms with van der Waals surface area (Å²) in [7, 11) is 0. The molecule has 0 aromatic carbocycles. The number of pyridine rings is 1. The van der Waals surface area contributed by atoms with Crippen molar-refractivity contribution in [2.24, 2.45) is 5.41 Å². The second-order valence-electron chi connectivity index (χ2n) is 9.76. The van der Waals surface area contributed by atoms with Crippen molar-refractivity contribution in [3.05, 3.63) is 30.1 Å². The van der Waals surface area contributed by atoms with Gasteiger partial charge in [-0.1, -0.05) is 19.3 Å². The van der Waals surface area contributed by atoms with Crippen LogP contribution in [0.4, 0.5) is 0 Å². The molecule has 4 heterocycles.